The number of nitrogens with zero attached hydrogens (tertiary/aromatic N) is 3. The summed E-state index contributed by atoms with van der Waals surface area (Å²) in [6.45, 7) is 7.41. The summed E-state index contributed by atoms with van der Waals surface area (Å²) < 4.78 is 5.40. The van der Waals surface area contributed by atoms with E-state index in [2.05, 4.69) is 43.6 Å². The molecule has 7 nitrogen and oxygen atoms in total. The van der Waals surface area contributed by atoms with Crippen molar-refractivity contribution in [2.45, 2.75) is 12.6 Å². The first-order valence-corrected chi connectivity index (χ1v) is 10.3. The van der Waals surface area contributed by atoms with Crippen LogP contribution in [0, 0.1) is 0 Å². The van der Waals surface area contributed by atoms with Gasteiger partial charge in [0, 0.05) is 63.4 Å². The quantitative estimate of drug-likeness (QED) is 0.679. The predicted octanol–water partition coefficient (Wildman–Crippen LogP) is 2.34. The molecule has 2 aliphatic heterocycles. The summed E-state index contributed by atoms with van der Waals surface area (Å²) in [5, 5.41) is 6.45. The van der Waals surface area contributed by atoms with E-state index in [1.807, 2.05) is 24.4 Å². The third-order valence-corrected chi connectivity index (χ3v) is 5.52. The average molecular weight is 468 g/mol. The fourth-order valence-electron chi connectivity index (χ4n) is 3.93. The normalized spacial score (nSPS) is 19.7. The van der Waals surface area contributed by atoms with Gasteiger partial charge in [0.15, 0.2) is 0 Å². The van der Waals surface area contributed by atoms with Crippen molar-refractivity contribution in [3.63, 3.8) is 0 Å². The highest BCUT2D eigenvalue weighted by Crippen LogP contribution is 2.21. The Hall–Kier alpha value is -1.74. The number of amides is 1. The topological polar surface area (TPSA) is 69.7 Å². The number of nitrogens with one attached hydrogen (secondary N) is 2. The molecule has 0 radical (unpaired) electrons. The standard InChI is InChI=1S/C22H29N5O2.2ClH/c28-22(17-27-9-8-24-15-21(27)19-2-1-7-23-14-19)25-20-5-3-18(4-6-20)16-26-10-12-29-13-11-26;;/h1-7,14,21,24H,8-13,15-17H2,(H,25,28);2*1H. The van der Waals surface area contributed by atoms with Crippen molar-refractivity contribution in [1.82, 2.24) is 20.1 Å². The number of hydrogen-bond acceptors (Lipinski definition) is 6. The zero-order valence-corrected chi connectivity index (χ0v) is 19.2. The summed E-state index contributed by atoms with van der Waals surface area (Å²) in [6, 6.07) is 12.3. The Morgan fingerprint density at radius 2 is 1.90 bits per heavy atom. The third-order valence-electron chi connectivity index (χ3n) is 5.52. The van der Waals surface area contributed by atoms with Crippen LogP contribution >= 0.6 is 24.8 Å². The van der Waals surface area contributed by atoms with Gasteiger partial charge in [0.2, 0.25) is 5.91 Å². The van der Waals surface area contributed by atoms with Crippen LogP contribution in [0.25, 0.3) is 0 Å². The molecule has 2 aromatic rings. The minimum Gasteiger partial charge on any atom is -0.379 e. The van der Waals surface area contributed by atoms with Crippen LogP contribution in [0.1, 0.15) is 17.2 Å². The van der Waals surface area contributed by atoms with E-state index in [-0.39, 0.29) is 36.8 Å². The van der Waals surface area contributed by atoms with Gasteiger partial charge < -0.3 is 15.4 Å². The SMILES string of the molecule is Cl.Cl.O=C(CN1CCNCC1c1cccnc1)Nc1ccc(CN2CCOCC2)cc1. The van der Waals surface area contributed by atoms with Gasteiger partial charge in [0.1, 0.15) is 0 Å². The number of ether oxygens (including phenoxy) is 1. The molecule has 170 valence electrons. The smallest absolute Gasteiger partial charge is 0.238 e. The zero-order chi connectivity index (χ0) is 19.9. The second-order valence-corrected chi connectivity index (χ2v) is 7.61. The van der Waals surface area contributed by atoms with E-state index < -0.39 is 0 Å². The van der Waals surface area contributed by atoms with Gasteiger partial charge in [-0.15, -0.1) is 24.8 Å². The predicted molar refractivity (Wildman–Crippen MR) is 127 cm³/mol. The van der Waals surface area contributed by atoms with Gasteiger partial charge in [-0.2, -0.15) is 0 Å². The molecule has 4 rings (SSSR count). The summed E-state index contributed by atoms with van der Waals surface area (Å²) in [5.74, 6) is 0.0155. The van der Waals surface area contributed by atoms with Gasteiger partial charge >= 0.3 is 0 Å². The minimum absolute atomic E-state index is 0. The first-order chi connectivity index (χ1) is 14.3. The van der Waals surface area contributed by atoms with Crippen LogP contribution in [0.3, 0.4) is 0 Å². The maximum absolute atomic E-state index is 12.6. The molecule has 0 spiro atoms. The lowest BCUT2D eigenvalue weighted by Crippen LogP contribution is -2.48. The summed E-state index contributed by atoms with van der Waals surface area (Å²) in [4.78, 5) is 21.5. The van der Waals surface area contributed by atoms with Crippen molar-refractivity contribution in [3.05, 3.63) is 59.9 Å². The summed E-state index contributed by atoms with van der Waals surface area (Å²) in [7, 11) is 0. The number of rotatable bonds is 6. The van der Waals surface area contributed by atoms with Crippen molar-refractivity contribution in [1.29, 1.82) is 0 Å². The fourth-order valence-corrected chi connectivity index (χ4v) is 3.93. The first kappa shape index (κ1) is 25.5. The molecule has 0 bridgehead atoms. The van der Waals surface area contributed by atoms with Crippen molar-refractivity contribution in [3.8, 4) is 0 Å². The van der Waals surface area contributed by atoms with Crippen LogP contribution in [0.2, 0.25) is 0 Å². The monoisotopic (exact) mass is 467 g/mol. The fraction of sp³-hybridized carbons (Fsp3) is 0.455. The lowest BCUT2D eigenvalue weighted by molar-refractivity contribution is -0.118. The minimum atomic E-state index is 0. The van der Waals surface area contributed by atoms with Crippen LogP contribution in [0.15, 0.2) is 48.8 Å². The Balaban J connectivity index is 0.00000171. The largest absolute Gasteiger partial charge is 0.379 e. The highest BCUT2D eigenvalue weighted by Gasteiger charge is 2.25. The number of piperazine rings is 1. The molecule has 1 aromatic heterocycles. The number of carbonyl (C=O) groups excluding carboxylic acids is 1. The highest BCUT2D eigenvalue weighted by atomic mass is 35.5. The second-order valence-electron chi connectivity index (χ2n) is 7.61. The number of hydrogen-bond donors (Lipinski definition) is 2. The summed E-state index contributed by atoms with van der Waals surface area (Å²) in [6.07, 6.45) is 3.66. The molecule has 2 aliphatic rings. The molecule has 2 saturated heterocycles. The maximum Gasteiger partial charge on any atom is 0.238 e. The van der Waals surface area contributed by atoms with E-state index in [0.717, 1.165) is 63.7 Å². The number of anilines is 1. The number of benzene rings is 1. The lowest BCUT2D eigenvalue weighted by Gasteiger charge is -2.35. The van der Waals surface area contributed by atoms with Crippen LogP contribution in [-0.4, -0.2) is 73.2 Å². The first-order valence-electron chi connectivity index (χ1n) is 10.3. The molecule has 9 heteroatoms. The molecule has 1 unspecified atom stereocenters. The number of aromatic nitrogens is 1. The Morgan fingerprint density at radius 1 is 1.13 bits per heavy atom. The van der Waals surface area contributed by atoms with E-state index in [1.165, 1.54) is 5.56 Å². The van der Waals surface area contributed by atoms with E-state index in [4.69, 9.17) is 4.74 Å². The van der Waals surface area contributed by atoms with Crippen LogP contribution in [0.5, 0.6) is 0 Å². The van der Waals surface area contributed by atoms with Crippen molar-refractivity contribution >= 4 is 36.4 Å². The molecule has 0 saturated carbocycles. The van der Waals surface area contributed by atoms with E-state index in [1.54, 1.807) is 6.20 Å². The van der Waals surface area contributed by atoms with Gasteiger partial charge in [0.05, 0.1) is 19.8 Å². The van der Waals surface area contributed by atoms with E-state index in [0.29, 0.717) is 6.54 Å². The molecule has 2 N–H and O–H groups in total. The number of halogens is 2. The van der Waals surface area contributed by atoms with Crippen molar-refractivity contribution in [2.75, 3.05) is 57.8 Å². The Bertz CT molecular complexity index is 788. The van der Waals surface area contributed by atoms with Gasteiger partial charge in [0.25, 0.3) is 0 Å². The van der Waals surface area contributed by atoms with Gasteiger partial charge in [-0.3, -0.25) is 19.6 Å². The zero-order valence-electron chi connectivity index (χ0n) is 17.5. The van der Waals surface area contributed by atoms with Crippen molar-refractivity contribution in [2.24, 2.45) is 0 Å². The number of carbonyl (C=O) groups is 1. The second kappa shape index (κ2) is 13.0. The van der Waals surface area contributed by atoms with Gasteiger partial charge in [-0.25, -0.2) is 0 Å². The Kier molecular flexibility index (Phi) is 10.7. The van der Waals surface area contributed by atoms with E-state index >= 15 is 0 Å². The number of pyridine rings is 1. The van der Waals surface area contributed by atoms with Crippen molar-refractivity contribution < 1.29 is 9.53 Å². The molecule has 0 aliphatic carbocycles. The molecule has 1 atom stereocenters. The van der Waals surface area contributed by atoms with E-state index in [9.17, 15) is 4.79 Å². The summed E-state index contributed by atoms with van der Waals surface area (Å²) >= 11 is 0. The Labute approximate surface area is 196 Å². The van der Waals surface area contributed by atoms with Gasteiger partial charge in [-0.05, 0) is 29.3 Å². The molecule has 3 heterocycles. The maximum atomic E-state index is 12.6. The van der Waals surface area contributed by atoms with Crippen LogP contribution in [0.4, 0.5) is 5.69 Å². The molecule has 31 heavy (non-hydrogen) atoms. The van der Waals surface area contributed by atoms with Crippen LogP contribution in [-0.2, 0) is 16.1 Å². The Morgan fingerprint density at radius 3 is 2.61 bits per heavy atom. The highest BCUT2D eigenvalue weighted by molar-refractivity contribution is 5.92. The van der Waals surface area contributed by atoms with Gasteiger partial charge in [-0.1, -0.05) is 18.2 Å². The molecule has 1 amide bonds. The molecule has 2 fully saturated rings. The summed E-state index contributed by atoms with van der Waals surface area (Å²) in [5.41, 5.74) is 3.23. The third kappa shape index (κ3) is 7.42. The lowest BCUT2D eigenvalue weighted by atomic mass is 10.1. The van der Waals surface area contributed by atoms with Crippen LogP contribution < -0.4 is 10.6 Å². The molecular formula is C22H31Cl2N5O2. The number of morpholine rings is 1. The molecular weight excluding hydrogens is 437 g/mol. The molecule has 1 aromatic carbocycles. The average Bonchev–Trinajstić information content (AvgIpc) is 2.77.